The summed E-state index contributed by atoms with van der Waals surface area (Å²) in [5.41, 5.74) is 11.3. The third kappa shape index (κ3) is 65.8. The van der Waals surface area contributed by atoms with Crippen LogP contribution in [0.3, 0.4) is 0 Å². The summed E-state index contributed by atoms with van der Waals surface area (Å²) in [7, 11) is 1.64. The van der Waals surface area contributed by atoms with Crippen molar-refractivity contribution in [3.63, 3.8) is 0 Å². The van der Waals surface area contributed by atoms with Gasteiger partial charge in [-0.2, -0.15) is 0 Å². The zero-order valence-electron chi connectivity index (χ0n) is 70.3. The number of hydrogen-bond acceptors (Lipinski definition) is 31. The maximum atomic E-state index is 13.6. The minimum absolute atomic E-state index is 0.0727. The number of nitrogens with zero attached hydrogens (tertiary/aromatic N) is 2. The van der Waals surface area contributed by atoms with Gasteiger partial charge in [-0.05, 0) is 62.8 Å². The molecule has 39 heteroatoms. The molecule has 1 saturated carbocycles. The lowest BCUT2D eigenvalue weighted by molar-refractivity contribution is -0.137. The highest BCUT2D eigenvalue weighted by molar-refractivity contribution is 6.39. The third-order valence-electron chi connectivity index (χ3n) is 17.5. The second-order valence-corrected chi connectivity index (χ2v) is 27.1. The lowest BCUT2D eigenvalue weighted by Crippen LogP contribution is -2.61. The predicted molar refractivity (Wildman–Crippen MR) is 436 cm³/mol. The van der Waals surface area contributed by atoms with Gasteiger partial charge in [0.15, 0.2) is 5.96 Å². The van der Waals surface area contributed by atoms with Gasteiger partial charge in [0.05, 0.1) is 311 Å². The highest BCUT2D eigenvalue weighted by atomic mass is 35.5. The van der Waals surface area contributed by atoms with Crippen molar-refractivity contribution in [3.05, 3.63) is 29.3 Å². The number of methoxy groups -OCH3 is 1. The van der Waals surface area contributed by atoms with E-state index in [1.54, 1.807) is 31.4 Å². The Morgan fingerprint density at radius 1 is 0.424 bits per heavy atom. The van der Waals surface area contributed by atoms with Gasteiger partial charge in [0.1, 0.15) is 6.04 Å². The van der Waals surface area contributed by atoms with E-state index in [9.17, 15) is 24.0 Å². The van der Waals surface area contributed by atoms with Gasteiger partial charge in [-0.15, -0.1) is 0 Å². The summed E-state index contributed by atoms with van der Waals surface area (Å²) >= 11 is 5.96. The summed E-state index contributed by atoms with van der Waals surface area (Å²) < 4.78 is 132. The van der Waals surface area contributed by atoms with Gasteiger partial charge in [0.25, 0.3) is 0 Å². The number of piperidine rings is 1. The Kier molecular flexibility index (Phi) is 73.2. The summed E-state index contributed by atoms with van der Waals surface area (Å²) in [5.74, 6) is -2.64. The minimum atomic E-state index is -0.875. The van der Waals surface area contributed by atoms with Crippen molar-refractivity contribution in [2.24, 2.45) is 16.5 Å². The number of benzene rings is 1. The number of nitrogens with two attached hydrogens (primary N) is 2. The molecule has 0 aromatic heterocycles. The smallest absolute Gasteiger partial charge is 0.313 e. The molecule has 2 atom stereocenters. The topological polar surface area (TPSA) is 435 Å². The van der Waals surface area contributed by atoms with Crippen molar-refractivity contribution in [3.8, 4) is 0 Å². The number of rotatable bonds is 86. The number of hydrogen-bond donors (Lipinski definition) is 7. The van der Waals surface area contributed by atoms with E-state index in [0.29, 0.717) is 354 Å². The van der Waals surface area contributed by atoms with E-state index in [2.05, 4.69) is 36.5 Å². The van der Waals surface area contributed by atoms with Crippen LogP contribution in [-0.2, 0) is 138 Å². The van der Waals surface area contributed by atoms with Gasteiger partial charge in [-0.1, -0.05) is 30.9 Å². The zero-order valence-corrected chi connectivity index (χ0v) is 71.0. The van der Waals surface area contributed by atoms with E-state index >= 15 is 0 Å². The molecule has 3 rings (SSSR count). The summed E-state index contributed by atoms with van der Waals surface area (Å²) in [6, 6.07) is 5.48. The Labute approximate surface area is 703 Å². The number of carbonyl (C=O) groups is 5. The maximum Gasteiger partial charge on any atom is 0.313 e. The molecule has 9 N–H and O–H groups in total. The summed E-state index contributed by atoms with van der Waals surface area (Å²) in [4.78, 5) is 71.4. The van der Waals surface area contributed by atoms with Gasteiger partial charge in [0, 0.05) is 75.0 Å². The first-order chi connectivity index (χ1) is 58.0. The number of halogens is 1. The molecule has 2 aliphatic rings. The van der Waals surface area contributed by atoms with Gasteiger partial charge in [0.2, 0.25) is 17.7 Å². The van der Waals surface area contributed by atoms with E-state index in [0.717, 1.165) is 32.1 Å². The van der Waals surface area contributed by atoms with Crippen molar-refractivity contribution >= 4 is 52.8 Å². The monoisotopic (exact) mass is 1720 g/mol. The molecule has 5 amide bonds. The van der Waals surface area contributed by atoms with Gasteiger partial charge in [-0.25, -0.2) is 0 Å². The van der Waals surface area contributed by atoms with Crippen LogP contribution >= 0.6 is 11.6 Å². The lowest BCUT2D eigenvalue weighted by atomic mass is 9.73. The van der Waals surface area contributed by atoms with Crippen LogP contribution < -0.4 is 38.1 Å². The van der Waals surface area contributed by atoms with Crippen LogP contribution in [0.15, 0.2) is 29.3 Å². The van der Waals surface area contributed by atoms with E-state index in [4.69, 9.17) is 137 Å². The average molecular weight is 1720 g/mol. The molecule has 118 heavy (non-hydrogen) atoms. The molecule has 0 radical (unpaired) electrons. The molecular weight excluding hydrogens is 1570 g/mol. The van der Waals surface area contributed by atoms with Crippen molar-refractivity contribution < 1.29 is 138 Å². The van der Waals surface area contributed by atoms with E-state index in [-0.39, 0.29) is 68.3 Å². The van der Waals surface area contributed by atoms with E-state index < -0.39 is 23.8 Å². The molecule has 1 heterocycles. The minimum Gasteiger partial charge on any atom is -0.382 e. The number of guanidine groups is 1. The first-order valence-electron chi connectivity index (χ1n) is 41.8. The Morgan fingerprint density at radius 3 is 1.08 bits per heavy atom. The van der Waals surface area contributed by atoms with Gasteiger partial charge in [-0.3, -0.25) is 33.9 Å². The number of ether oxygens (including phenoxy) is 24. The number of carbonyl (C=O) groups excluding carboxylic acids is 5. The van der Waals surface area contributed by atoms with Crippen LogP contribution in [0.5, 0.6) is 0 Å². The van der Waals surface area contributed by atoms with Gasteiger partial charge < -0.3 is 152 Å². The Morgan fingerprint density at radius 2 is 0.746 bits per heavy atom. The molecule has 1 aromatic carbocycles. The molecule has 1 spiro atoms. The zero-order chi connectivity index (χ0) is 84.4. The van der Waals surface area contributed by atoms with Crippen molar-refractivity contribution in [2.45, 2.75) is 88.3 Å². The molecule has 1 unspecified atom stereocenters. The Balaban J connectivity index is 0.951. The van der Waals surface area contributed by atoms with E-state index in [1.165, 1.54) is 0 Å². The van der Waals surface area contributed by atoms with Crippen LogP contribution in [0.4, 0.5) is 5.69 Å². The quantitative estimate of drug-likeness (QED) is 0.0208. The number of likely N-dealkylation sites (tertiary alicyclic amines) is 1. The standard InChI is InChI=1S/C79H144ClN9O29/c1-95-22-23-97-26-27-99-30-31-101-34-35-103-38-39-105-42-43-107-46-47-109-50-51-111-54-55-113-58-59-115-62-63-117-66-67-118-65-64-116-61-60-114-57-56-112-53-52-110-49-48-108-45-44-106-41-40-104-37-36-102-33-32-100-29-28-98-25-24-96-21-18-83-73(90)11-12-74(91)88-72(6-5-16-85-78(81)82)75(92)84-17-20-89-19-13-71(68-79(89)14-3-2-4-15-79)87-77(94)76(93)86-70-9-7-69(80)8-10-70/h7-10,71-72H,2-6,11-68H2,1H3,(H,83,90)(H,84,92)(H,86,93)(H,87,94)(H,88,91)(H4,81,82,85)/t71?,72-/m0/s1. The van der Waals surface area contributed by atoms with Crippen molar-refractivity contribution in [1.29, 1.82) is 0 Å². The SMILES string of the molecule is COCCOCCOCCOCCOCCOCCOCCOCCOCCOCCOCCOCCOCCOCCOCCOCCOCCOCCOCCOCCOCCOCCOCCOCCNC(=O)CCC(=O)N[C@@H](CCCN=C(N)N)C(=O)NCCN1CCC(NC(=O)C(=O)Nc2ccc(Cl)cc2)CC12CCCCC2. The highest BCUT2D eigenvalue weighted by Crippen LogP contribution is 2.40. The van der Waals surface area contributed by atoms with E-state index in [1.807, 2.05) is 0 Å². The molecule has 2 fully saturated rings. The average Bonchev–Trinajstić information content (AvgIpc) is 0.784. The number of anilines is 1. The van der Waals surface area contributed by atoms with Crippen LogP contribution in [-0.4, -0.2) is 408 Å². The fraction of sp³-hybridized carbons (Fsp3) is 0.848. The summed E-state index contributed by atoms with van der Waals surface area (Å²) in [6.07, 6.45) is 6.89. The second-order valence-electron chi connectivity index (χ2n) is 26.7. The number of aliphatic imine (C=N–C) groups is 1. The molecule has 1 aliphatic carbocycles. The Bertz CT molecular complexity index is 2540. The van der Waals surface area contributed by atoms with Crippen molar-refractivity contribution in [2.75, 3.05) is 356 Å². The first kappa shape index (κ1) is 107. The first-order valence-corrected chi connectivity index (χ1v) is 42.2. The lowest BCUT2D eigenvalue weighted by Gasteiger charge is -2.52. The van der Waals surface area contributed by atoms with Crippen LogP contribution in [0.25, 0.3) is 0 Å². The van der Waals surface area contributed by atoms with Crippen LogP contribution in [0, 0.1) is 0 Å². The predicted octanol–water partition coefficient (Wildman–Crippen LogP) is 1.14. The summed E-state index contributed by atoms with van der Waals surface area (Å²) in [6.45, 7) is 23.8. The highest BCUT2D eigenvalue weighted by Gasteiger charge is 2.43. The molecular formula is C79H144ClN9O29. The normalized spacial score (nSPS) is 14.4. The maximum absolute atomic E-state index is 13.6. The fourth-order valence-electron chi connectivity index (χ4n) is 11.5. The molecule has 1 aliphatic heterocycles. The van der Waals surface area contributed by atoms with Gasteiger partial charge >= 0.3 is 11.8 Å². The van der Waals surface area contributed by atoms with Crippen molar-refractivity contribution in [1.82, 2.24) is 26.2 Å². The molecule has 38 nitrogen and oxygen atoms in total. The second kappa shape index (κ2) is 80.5. The third-order valence-corrected chi connectivity index (χ3v) is 17.8. The van der Waals surface area contributed by atoms with Crippen LogP contribution in [0.1, 0.15) is 70.6 Å². The fourth-order valence-corrected chi connectivity index (χ4v) is 11.7. The summed E-state index contributed by atoms with van der Waals surface area (Å²) in [5, 5.41) is 14.7. The molecule has 1 aromatic rings. The number of nitrogens with one attached hydrogen (secondary N) is 5. The molecule has 1 saturated heterocycles. The Hall–Kier alpha value is -4.87. The number of amides is 5. The molecule has 0 bridgehead atoms. The van der Waals surface area contributed by atoms with Crippen LogP contribution in [0.2, 0.25) is 5.02 Å². The molecule has 686 valence electrons. The largest absolute Gasteiger partial charge is 0.382 e.